The molecular weight excluding hydrogens is 394 g/mol. The van der Waals surface area contributed by atoms with Crippen LogP contribution in [-0.2, 0) is 17.1 Å². The summed E-state index contributed by atoms with van der Waals surface area (Å²) in [5, 5.41) is 0. The lowest BCUT2D eigenvalue weighted by molar-refractivity contribution is 0.563. The summed E-state index contributed by atoms with van der Waals surface area (Å²) in [6.07, 6.45) is 0. The topological polar surface area (TPSA) is 64.0 Å². The minimum absolute atomic E-state index is 0.242. The molecule has 1 aromatic heterocycles. The van der Waals surface area contributed by atoms with Crippen molar-refractivity contribution in [2.24, 2.45) is 7.05 Å². The number of sulfonamides is 1. The summed E-state index contributed by atoms with van der Waals surface area (Å²) in [5.41, 5.74) is 3.72. The van der Waals surface area contributed by atoms with Gasteiger partial charge in [0, 0.05) is 7.05 Å². The van der Waals surface area contributed by atoms with Gasteiger partial charge < -0.3 is 4.57 Å². The highest BCUT2D eigenvalue weighted by molar-refractivity contribution is 7.89. The van der Waals surface area contributed by atoms with Crippen LogP contribution >= 0.6 is 0 Å². The molecule has 4 aromatic rings. The highest BCUT2D eigenvalue weighted by Crippen LogP contribution is 2.27. The zero-order chi connectivity index (χ0) is 21.3. The number of fused-ring (bicyclic) bond motifs is 1. The van der Waals surface area contributed by atoms with Crippen LogP contribution in [0.2, 0.25) is 0 Å². The van der Waals surface area contributed by atoms with Crippen molar-refractivity contribution in [2.45, 2.75) is 30.7 Å². The number of nitrogens with zero attached hydrogens (tertiary/aromatic N) is 2. The minimum atomic E-state index is -3.76. The summed E-state index contributed by atoms with van der Waals surface area (Å²) in [7, 11) is -1.85. The molecule has 154 valence electrons. The van der Waals surface area contributed by atoms with Crippen LogP contribution in [0.5, 0.6) is 0 Å². The van der Waals surface area contributed by atoms with E-state index in [1.54, 1.807) is 12.1 Å². The molecule has 0 saturated heterocycles. The first-order valence-corrected chi connectivity index (χ1v) is 11.4. The van der Waals surface area contributed by atoms with Crippen LogP contribution in [0, 0.1) is 0 Å². The Morgan fingerprint density at radius 3 is 2.10 bits per heavy atom. The number of aryl methyl sites for hydroxylation is 1. The van der Waals surface area contributed by atoms with Crippen molar-refractivity contribution in [1.29, 1.82) is 0 Å². The average Bonchev–Trinajstić information content (AvgIpc) is 3.09. The number of hydrogen-bond donors (Lipinski definition) is 1. The van der Waals surface area contributed by atoms with Gasteiger partial charge in [-0.2, -0.15) is 4.72 Å². The van der Waals surface area contributed by atoms with E-state index in [1.807, 2.05) is 78.3 Å². The first-order valence-electron chi connectivity index (χ1n) is 9.95. The van der Waals surface area contributed by atoms with Crippen LogP contribution in [0.3, 0.4) is 0 Å². The van der Waals surface area contributed by atoms with Gasteiger partial charge in [0.1, 0.15) is 11.9 Å². The van der Waals surface area contributed by atoms with Gasteiger partial charge in [0.25, 0.3) is 0 Å². The molecule has 0 saturated carbocycles. The van der Waals surface area contributed by atoms with Crippen LogP contribution in [0.4, 0.5) is 0 Å². The largest absolute Gasteiger partial charge is 0.329 e. The monoisotopic (exact) mass is 419 g/mol. The summed E-state index contributed by atoms with van der Waals surface area (Å²) in [5.74, 6) is 0.983. The predicted molar refractivity (Wildman–Crippen MR) is 120 cm³/mol. The maximum absolute atomic E-state index is 13.2. The van der Waals surface area contributed by atoms with Gasteiger partial charge in [0.15, 0.2) is 0 Å². The maximum atomic E-state index is 13.2. The van der Waals surface area contributed by atoms with Gasteiger partial charge in [-0.15, -0.1) is 0 Å². The normalized spacial score (nSPS) is 13.1. The van der Waals surface area contributed by atoms with E-state index >= 15 is 0 Å². The van der Waals surface area contributed by atoms with E-state index in [1.165, 1.54) is 0 Å². The summed E-state index contributed by atoms with van der Waals surface area (Å²) in [6.45, 7) is 4.16. The summed E-state index contributed by atoms with van der Waals surface area (Å²) in [4.78, 5) is 4.98. The van der Waals surface area contributed by atoms with E-state index < -0.39 is 16.1 Å². The van der Waals surface area contributed by atoms with Crippen molar-refractivity contribution < 1.29 is 8.42 Å². The SMILES string of the molecule is CC(C)c1ccc(S(=O)(=O)NC(c2ccccc2)c2nc3ccccc3n2C)cc1. The van der Waals surface area contributed by atoms with E-state index in [-0.39, 0.29) is 4.90 Å². The molecule has 6 heteroatoms. The minimum Gasteiger partial charge on any atom is -0.329 e. The second kappa shape index (κ2) is 8.05. The van der Waals surface area contributed by atoms with Crippen molar-refractivity contribution in [3.63, 3.8) is 0 Å². The molecule has 0 radical (unpaired) electrons. The summed E-state index contributed by atoms with van der Waals surface area (Å²) >= 11 is 0. The Morgan fingerprint density at radius 1 is 0.833 bits per heavy atom. The third-order valence-corrected chi connectivity index (χ3v) is 6.78. The molecule has 5 nitrogen and oxygen atoms in total. The quantitative estimate of drug-likeness (QED) is 0.490. The molecule has 1 N–H and O–H groups in total. The molecular formula is C24H25N3O2S. The molecule has 1 unspecified atom stereocenters. The second-order valence-corrected chi connectivity index (χ2v) is 9.42. The van der Waals surface area contributed by atoms with Crippen molar-refractivity contribution >= 4 is 21.1 Å². The molecule has 4 rings (SSSR count). The molecule has 0 aliphatic carbocycles. The summed E-state index contributed by atoms with van der Waals surface area (Å²) < 4.78 is 31.3. The van der Waals surface area contributed by atoms with Crippen molar-refractivity contribution in [1.82, 2.24) is 14.3 Å². The second-order valence-electron chi connectivity index (χ2n) is 7.71. The highest BCUT2D eigenvalue weighted by Gasteiger charge is 2.27. The van der Waals surface area contributed by atoms with Gasteiger partial charge in [-0.05, 0) is 41.3 Å². The van der Waals surface area contributed by atoms with Crippen LogP contribution < -0.4 is 4.72 Å². The molecule has 1 atom stereocenters. The van der Waals surface area contributed by atoms with E-state index in [0.717, 1.165) is 22.2 Å². The zero-order valence-corrected chi connectivity index (χ0v) is 18.1. The number of benzene rings is 3. The predicted octanol–water partition coefficient (Wildman–Crippen LogP) is 4.76. The van der Waals surface area contributed by atoms with E-state index in [4.69, 9.17) is 4.98 Å². The van der Waals surface area contributed by atoms with Gasteiger partial charge in [0.05, 0.1) is 15.9 Å². The lowest BCUT2D eigenvalue weighted by Gasteiger charge is -2.19. The maximum Gasteiger partial charge on any atom is 0.241 e. The summed E-state index contributed by atoms with van der Waals surface area (Å²) in [6, 6.07) is 23.8. The molecule has 1 heterocycles. The molecule has 0 spiro atoms. The van der Waals surface area contributed by atoms with Crippen molar-refractivity contribution in [2.75, 3.05) is 0 Å². The third-order valence-electron chi connectivity index (χ3n) is 5.34. The molecule has 0 aliphatic heterocycles. The number of para-hydroxylation sites is 2. The fourth-order valence-corrected chi connectivity index (χ4v) is 4.77. The number of rotatable bonds is 6. The molecule has 0 amide bonds. The highest BCUT2D eigenvalue weighted by atomic mass is 32.2. The van der Waals surface area contributed by atoms with Gasteiger partial charge in [-0.3, -0.25) is 0 Å². The Labute approximate surface area is 177 Å². The first-order chi connectivity index (χ1) is 14.4. The number of hydrogen-bond acceptors (Lipinski definition) is 3. The number of imidazole rings is 1. The Bertz CT molecular complexity index is 1260. The smallest absolute Gasteiger partial charge is 0.241 e. The third kappa shape index (κ3) is 3.88. The fraction of sp³-hybridized carbons (Fsp3) is 0.208. The van der Waals surface area contributed by atoms with Crippen LogP contribution in [0.1, 0.15) is 42.8 Å². The lowest BCUT2D eigenvalue weighted by atomic mass is 10.0. The Morgan fingerprint density at radius 2 is 1.47 bits per heavy atom. The van der Waals surface area contributed by atoms with Crippen molar-refractivity contribution in [3.8, 4) is 0 Å². The Kier molecular flexibility index (Phi) is 5.45. The Balaban J connectivity index is 1.78. The lowest BCUT2D eigenvalue weighted by Crippen LogP contribution is -2.31. The molecule has 0 aliphatic rings. The van der Waals surface area contributed by atoms with E-state index in [9.17, 15) is 8.42 Å². The van der Waals surface area contributed by atoms with Crippen molar-refractivity contribution in [3.05, 3.63) is 95.8 Å². The van der Waals surface area contributed by atoms with E-state index in [0.29, 0.717) is 11.7 Å². The number of aromatic nitrogens is 2. The van der Waals surface area contributed by atoms with Crippen LogP contribution in [0.15, 0.2) is 83.8 Å². The van der Waals surface area contributed by atoms with Gasteiger partial charge >= 0.3 is 0 Å². The standard InChI is InChI=1S/C24H25N3O2S/c1-17(2)18-13-15-20(16-14-18)30(28,29)26-23(19-9-5-4-6-10-19)24-25-21-11-7-8-12-22(21)27(24)3/h4-17,23,26H,1-3H3. The van der Waals surface area contributed by atoms with E-state index in [2.05, 4.69) is 18.6 Å². The van der Waals surface area contributed by atoms with Crippen LogP contribution in [0.25, 0.3) is 11.0 Å². The first kappa shape index (κ1) is 20.3. The van der Waals surface area contributed by atoms with Gasteiger partial charge in [-0.25, -0.2) is 13.4 Å². The molecule has 0 fully saturated rings. The average molecular weight is 420 g/mol. The molecule has 3 aromatic carbocycles. The zero-order valence-electron chi connectivity index (χ0n) is 17.3. The van der Waals surface area contributed by atoms with Gasteiger partial charge in [-0.1, -0.05) is 68.4 Å². The Hall–Kier alpha value is -2.96. The number of nitrogens with one attached hydrogen (secondary N) is 1. The molecule has 30 heavy (non-hydrogen) atoms. The molecule has 0 bridgehead atoms. The van der Waals surface area contributed by atoms with Crippen LogP contribution in [-0.4, -0.2) is 18.0 Å². The van der Waals surface area contributed by atoms with Gasteiger partial charge in [0.2, 0.25) is 10.0 Å². The fourth-order valence-electron chi connectivity index (χ4n) is 3.59.